The van der Waals surface area contributed by atoms with Gasteiger partial charge in [-0.05, 0) is 33.4 Å². The van der Waals surface area contributed by atoms with E-state index in [-0.39, 0.29) is 23.9 Å². The molecule has 0 aliphatic heterocycles. The molecule has 0 unspecified atom stereocenters. The van der Waals surface area contributed by atoms with Crippen LogP contribution in [-0.2, 0) is 0 Å². The fourth-order valence-corrected chi connectivity index (χ4v) is 3.17. The van der Waals surface area contributed by atoms with E-state index < -0.39 is 0 Å². The molecule has 4 aromatic rings. The molecule has 0 saturated carbocycles. The molecule has 118 valence electrons. The minimum Gasteiger partial charge on any atom is -0.0622 e. The van der Waals surface area contributed by atoms with Crippen molar-refractivity contribution in [1.29, 1.82) is 0 Å². The molecule has 4 rings (SSSR count). The van der Waals surface area contributed by atoms with Crippen molar-refractivity contribution >= 4 is 23.9 Å². The van der Waals surface area contributed by atoms with Crippen LogP contribution in [0.3, 0.4) is 0 Å². The van der Waals surface area contributed by atoms with Gasteiger partial charge in [0.1, 0.15) is 0 Å². The molecular weight excluding hydrogens is 407 g/mol. The summed E-state index contributed by atoms with van der Waals surface area (Å²) in [4.78, 5) is 0. The first-order valence-corrected chi connectivity index (χ1v) is 8.23. The van der Waals surface area contributed by atoms with Gasteiger partial charge in [0, 0.05) is 23.9 Å². The molecule has 25 heavy (non-hydrogen) atoms. The maximum absolute atomic E-state index is 2.21. The quantitative estimate of drug-likeness (QED) is 0.338. The fourth-order valence-electron chi connectivity index (χ4n) is 3.17. The van der Waals surface area contributed by atoms with Crippen LogP contribution in [0, 0.1) is 0 Å². The van der Waals surface area contributed by atoms with Gasteiger partial charge in [0.05, 0.1) is 0 Å². The fraction of sp³-hybridized carbons (Fsp3) is 0. The number of hydrogen-bond donors (Lipinski definition) is 0. The molecule has 0 aliphatic rings. The van der Waals surface area contributed by atoms with Crippen molar-refractivity contribution in [1.82, 2.24) is 0 Å². The third kappa shape index (κ3) is 3.69. The second kappa shape index (κ2) is 8.17. The molecule has 0 fully saturated rings. The molecule has 4 radical (unpaired) electrons. The molecule has 0 saturated heterocycles. The first-order chi connectivity index (χ1) is 11.9. The van der Waals surface area contributed by atoms with Gasteiger partial charge in [-0.3, -0.25) is 0 Å². The molecule has 1 heteroatoms. The normalized spacial score (nSPS) is 10.1. The van der Waals surface area contributed by atoms with E-state index in [1.807, 2.05) is 0 Å². The Balaban J connectivity index is 0.00000182. The van der Waals surface area contributed by atoms with E-state index in [1.165, 1.54) is 33.4 Å². The Kier molecular flexibility index (Phi) is 5.72. The zero-order chi connectivity index (χ0) is 16.2. The third-order valence-corrected chi connectivity index (χ3v) is 4.31. The van der Waals surface area contributed by atoms with Gasteiger partial charge >= 0.3 is 0 Å². The van der Waals surface area contributed by atoms with Gasteiger partial charge in [-0.1, -0.05) is 109 Å². The summed E-state index contributed by atoms with van der Waals surface area (Å²) in [5.41, 5.74) is 7.56. The summed E-state index contributed by atoms with van der Waals surface area (Å²) in [5.74, 6) is 0. The van der Waals surface area contributed by atoms with Gasteiger partial charge < -0.3 is 0 Å². The minimum atomic E-state index is 0. The van der Waals surface area contributed by atoms with E-state index in [9.17, 15) is 0 Å². The van der Waals surface area contributed by atoms with Crippen molar-refractivity contribution in [3.8, 4) is 33.4 Å². The van der Waals surface area contributed by atoms with Crippen LogP contribution in [0.5, 0.6) is 0 Å². The van der Waals surface area contributed by atoms with Gasteiger partial charge in [-0.25, -0.2) is 0 Å². The van der Waals surface area contributed by atoms with Crippen molar-refractivity contribution < 1.29 is 0 Å². The molecule has 0 amide bonds. The van der Waals surface area contributed by atoms with E-state index in [2.05, 4.69) is 109 Å². The van der Waals surface area contributed by atoms with E-state index in [0.29, 0.717) is 0 Å². The minimum absolute atomic E-state index is 0. The van der Waals surface area contributed by atoms with E-state index in [0.717, 1.165) is 0 Å². The summed E-state index contributed by atoms with van der Waals surface area (Å²) in [6.45, 7) is 0. The van der Waals surface area contributed by atoms with Crippen LogP contribution in [0.15, 0.2) is 109 Å². The van der Waals surface area contributed by atoms with Crippen molar-refractivity contribution in [2.45, 2.75) is 0 Å². The first kappa shape index (κ1) is 17.5. The third-order valence-electron chi connectivity index (χ3n) is 4.31. The molecular formula is C24H18Sn. The van der Waals surface area contributed by atoms with Crippen molar-refractivity contribution in [2.75, 3.05) is 0 Å². The second-order valence-corrected chi connectivity index (χ2v) is 5.82. The van der Waals surface area contributed by atoms with Gasteiger partial charge in [-0.15, -0.1) is 0 Å². The predicted octanol–water partition coefficient (Wildman–Crippen LogP) is 6.31. The van der Waals surface area contributed by atoms with Crippen LogP contribution < -0.4 is 0 Å². The van der Waals surface area contributed by atoms with Crippen molar-refractivity contribution in [2.24, 2.45) is 0 Å². The monoisotopic (exact) mass is 426 g/mol. The maximum Gasteiger partial charge on any atom is 0 e. The molecule has 0 spiro atoms. The Hall–Kier alpha value is -2.32. The van der Waals surface area contributed by atoms with Gasteiger partial charge in [0.2, 0.25) is 0 Å². The van der Waals surface area contributed by atoms with Crippen LogP contribution in [0.1, 0.15) is 0 Å². The standard InChI is InChI=1S/C24H18.Sn/c1-3-11-19(12-4-1)21-15-7-9-17-23(21)24-18-10-8-16-22(24)20-13-5-2-6-14-20;/h1-18H;. The number of rotatable bonds is 3. The van der Waals surface area contributed by atoms with E-state index in [4.69, 9.17) is 0 Å². The zero-order valence-corrected chi connectivity index (χ0v) is 16.7. The Bertz CT molecular complexity index is 863. The summed E-state index contributed by atoms with van der Waals surface area (Å²) in [6.07, 6.45) is 0. The molecule has 0 aliphatic carbocycles. The van der Waals surface area contributed by atoms with Crippen LogP contribution in [-0.4, -0.2) is 23.9 Å². The Morgan fingerprint density at radius 2 is 0.560 bits per heavy atom. The summed E-state index contributed by atoms with van der Waals surface area (Å²) in [7, 11) is 0. The average molecular weight is 425 g/mol. The Morgan fingerprint density at radius 3 is 0.920 bits per heavy atom. The first-order valence-electron chi connectivity index (χ1n) is 8.23. The molecule has 0 atom stereocenters. The summed E-state index contributed by atoms with van der Waals surface area (Å²) in [6, 6.07) is 38.4. The van der Waals surface area contributed by atoms with Crippen molar-refractivity contribution in [3.63, 3.8) is 0 Å². The summed E-state index contributed by atoms with van der Waals surface area (Å²) in [5, 5.41) is 0. The topological polar surface area (TPSA) is 0 Å². The number of benzene rings is 4. The van der Waals surface area contributed by atoms with E-state index in [1.54, 1.807) is 0 Å². The molecule has 0 N–H and O–H groups in total. The molecule has 0 bridgehead atoms. The van der Waals surface area contributed by atoms with Gasteiger partial charge in [0.15, 0.2) is 0 Å². The molecule has 0 aromatic heterocycles. The SMILES string of the molecule is [Sn].c1ccc(-c2ccccc2-c2ccccc2-c2ccccc2)cc1. The smallest absolute Gasteiger partial charge is 0 e. The molecule has 0 nitrogen and oxygen atoms in total. The predicted molar refractivity (Wildman–Crippen MR) is 109 cm³/mol. The Labute approximate surface area is 166 Å². The number of hydrogen-bond acceptors (Lipinski definition) is 0. The Morgan fingerprint density at radius 1 is 0.280 bits per heavy atom. The maximum atomic E-state index is 2.21. The molecule has 4 aromatic carbocycles. The van der Waals surface area contributed by atoms with Gasteiger partial charge in [0.25, 0.3) is 0 Å². The summed E-state index contributed by atoms with van der Waals surface area (Å²) < 4.78 is 0. The van der Waals surface area contributed by atoms with Crippen LogP contribution in [0.2, 0.25) is 0 Å². The zero-order valence-electron chi connectivity index (χ0n) is 13.9. The van der Waals surface area contributed by atoms with Crippen LogP contribution in [0.4, 0.5) is 0 Å². The second-order valence-electron chi connectivity index (χ2n) is 5.82. The van der Waals surface area contributed by atoms with E-state index >= 15 is 0 Å². The van der Waals surface area contributed by atoms with Crippen molar-refractivity contribution in [3.05, 3.63) is 109 Å². The largest absolute Gasteiger partial charge is 0.0622 e. The van der Waals surface area contributed by atoms with Crippen LogP contribution in [0.25, 0.3) is 33.4 Å². The van der Waals surface area contributed by atoms with Gasteiger partial charge in [-0.2, -0.15) is 0 Å². The average Bonchev–Trinajstić information content (AvgIpc) is 2.69. The van der Waals surface area contributed by atoms with Crippen LogP contribution >= 0.6 is 0 Å². The molecule has 0 heterocycles. The summed E-state index contributed by atoms with van der Waals surface area (Å²) >= 11 is 0.